The van der Waals surface area contributed by atoms with Gasteiger partial charge in [-0.15, -0.1) is 11.8 Å². The van der Waals surface area contributed by atoms with Crippen LogP contribution in [-0.4, -0.2) is 19.6 Å². The predicted octanol–water partition coefficient (Wildman–Crippen LogP) is 5.35. The minimum absolute atomic E-state index is 0.0174. The van der Waals surface area contributed by atoms with Crippen LogP contribution in [-0.2, 0) is 12.2 Å². The van der Waals surface area contributed by atoms with E-state index < -0.39 is 0 Å². The predicted molar refractivity (Wildman–Crippen MR) is 116 cm³/mol. The molecule has 0 bridgehead atoms. The lowest BCUT2D eigenvalue weighted by atomic mass is 10.1. The summed E-state index contributed by atoms with van der Waals surface area (Å²) in [6.07, 6.45) is 1.74. The van der Waals surface area contributed by atoms with Gasteiger partial charge in [0, 0.05) is 17.2 Å². The van der Waals surface area contributed by atoms with Gasteiger partial charge in [-0.1, -0.05) is 60.7 Å². The second-order valence-corrected chi connectivity index (χ2v) is 7.46. The van der Waals surface area contributed by atoms with Crippen LogP contribution >= 0.6 is 11.8 Å². The van der Waals surface area contributed by atoms with Gasteiger partial charge in [-0.25, -0.2) is 0 Å². The fourth-order valence-corrected chi connectivity index (χ4v) is 4.01. The van der Waals surface area contributed by atoms with Crippen LogP contribution in [0.15, 0.2) is 83.8 Å². The van der Waals surface area contributed by atoms with Crippen LogP contribution in [0.3, 0.4) is 0 Å². The van der Waals surface area contributed by atoms with Crippen molar-refractivity contribution in [2.75, 3.05) is 13.7 Å². The average molecular weight is 392 g/mol. The Balaban J connectivity index is 1.53. The van der Waals surface area contributed by atoms with Gasteiger partial charge in [-0.2, -0.15) is 0 Å². The molecular formula is C24H25NO2S. The van der Waals surface area contributed by atoms with Crippen LogP contribution in [0.2, 0.25) is 0 Å². The number of nitrogens with one attached hydrogen (secondary N) is 1. The summed E-state index contributed by atoms with van der Waals surface area (Å²) in [7, 11) is 1.69. The number of carbonyl (C=O) groups excluding carboxylic acids is 1. The lowest BCUT2D eigenvalue weighted by Crippen LogP contribution is -2.25. The van der Waals surface area contributed by atoms with Crippen molar-refractivity contribution in [3.8, 4) is 5.75 Å². The lowest BCUT2D eigenvalue weighted by Gasteiger charge is -2.11. The quantitative estimate of drug-likeness (QED) is 0.395. The molecule has 1 N–H and O–H groups in total. The van der Waals surface area contributed by atoms with Crippen molar-refractivity contribution in [1.82, 2.24) is 5.32 Å². The number of hydrogen-bond donors (Lipinski definition) is 1. The Hall–Kier alpha value is -2.72. The number of para-hydroxylation sites is 1. The van der Waals surface area contributed by atoms with E-state index in [4.69, 9.17) is 4.74 Å². The van der Waals surface area contributed by atoms with Gasteiger partial charge in [-0.05, 0) is 42.2 Å². The van der Waals surface area contributed by atoms with Crippen LogP contribution in [0.5, 0.6) is 5.75 Å². The molecule has 0 aliphatic carbocycles. The highest BCUT2D eigenvalue weighted by Gasteiger charge is 2.11. The summed E-state index contributed by atoms with van der Waals surface area (Å²) in [6, 6.07) is 26.1. The maximum Gasteiger partial charge on any atom is 0.252 e. The molecule has 28 heavy (non-hydrogen) atoms. The molecule has 3 aromatic rings. The van der Waals surface area contributed by atoms with Gasteiger partial charge in [-0.3, -0.25) is 4.79 Å². The van der Waals surface area contributed by atoms with Crippen molar-refractivity contribution in [1.29, 1.82) is 0 Å². The first kappa shape index (κ1) is 20.0. The van der Waals surface area contributed by atoms with Crippen molar-refractivity contribution in [3.05, 3.63) is 95.6 Å². The van der Waals surface area contributed by atoms with E-state index in [1.807, 2.05) is 60.7 Å². The second kappa shape index (κ2) is 10.6. The molecule has 0 radical (unpaired) electrons. The van der Waals surface area contributed by atoms with E-state index in [1.54, 1.807) is 18.9 Å². The monoisotopic (exact) mass is 391 g/mol. The zero-order valence-corrected chi connectivity index (χ0v) is 16.9. The summed E-state index contributed by atoms with van der Waals surface area (Å²) in [6.45, 7) is 0.634. The standard InChI is InChI=1S/C24H25NO2S/c1-27-22-15-7-5-12-20(22)13-9-17-25-24(26)21-14-6-8-16-23(21)28-18-19-10-3-2-4-11-19/h2-8,10-12,14-16H,9,13,17-18H2,1H3,(H,25,26). The number of methoxy groups -OCH3 is 1. The van der Waals surface area contributed by atoms with Gasteiger partial charge in [0.15, 0.2) is 0 Å². The third-order valence-electron chi connectivity index (χ3n) is 4.47. The Kier molecular flexibility index (Phi) is 7.56. The van der Waals surface area contributed by atoms with Crippen LogP contribution in [0.1, 0.15) is 27.9 Å². The summed E-state index contributed by atoms with van der Waals surface area (Å²) < 4.78 is 5.38. The van der Waals surface area contributed by atoms with Crippen molar-refractivity contribution < 1.29 is 9.53 Å². The Labute approximate surface area is 171 Å². The number of aryl methyl sites for hydroxylation is 1. The number of ether oxygens (including phenoxy) is 1. The first-order valence-corrected chi connectivity index (χ1v) is 10.4. The van der Waals surface area contributed by atoms with Crippen molar-refractivity contribution in [2.45, 2.75) is 23.5 Å². The fraction of sp³-hybridized carbons (Fsp3) is 0.208. The number of amides is 1. The highest BCUT2D eigenvalue weighted by Crippen LogP contribution is 2.26. The molecule has 3 nitrogen and oxygen atoms in total. The molecule has 0 aromatic heterocycles. The van der Waals surface area contributed by atoms with E-state index >= 15 is 0 Å². The highest BCUT2D eigenvalue weighted by atomic mass is 32.2. The van der Waals surface area contributed by atoms with Crippen LogP contribution < -0.4 is 10.1 Å². The first-order valence-electron chi connectivity index (χ1n) is 9.44. The summed E-state index contributed by atoms with van der Waals surface area (Å²) in [4.78, 5) is 13.7. The molecular weight excluding hydrogens is 366 g/mol. The van der Waals surface area contributed by atoms with Gasteiger partial charge in [0.1, 0.15) is 5.75 Å². The molecule has 0 aliphatic rings. The summed E-state index contributed by atoms with van der Waals surface area (Å²) in [5, 5.41) is 3.05. The number of carbonyl (C=O) groups is 1. The molecule has 0 fully saturated rings. The average Bonchev–Trinajstić information content (AvgIpc) is 2.76. The Morgan fingerprint density at radius 3 is 2.46 bits per heavy atom. The molecule has 3 rings (SSSR count). The molecule has 3 aromatic carbocycles. The molecule has 0 atom stereocenters. The number of rotatable bonds is 9. The number of benzene rings is 3. The molecule has 0 saturated heterocycles. The van der Waals surface area contributed by atoms with Crippen molar-refractivity contribution >= 4 is 17.7 Å². The lowest BCUT2D eigenvalue weighted by molar-refractivity contribution is 0.0950. The molecule has 0 aliphatic heterocycles. The van der Waals surface area contributed by atoms with E-state index in [1.165, 1.54) is 5.56 Å². The topological polar surface area (TPSA) is 38.3 Å². The van der Waals surface area contributed by atoms with E-state index in [0.717, 1.165) is 40.4 Å². The van der Waals surface area contributed by atoms with Crippen molar-refractivity contribution in [2.24, 2.45) is 0 Å². The van der Waals surface area contributed by atoms with Gasteiger partial charge in [0.2, 0.25) is 0 Å². The summed E-state index contributed by atoms with van der Waals surface area (Å²) in [5.74, 6) is 1.73. The maximum absolute atomic E-state index is 12.7. The molecule has 1 amide bonds. The van der Waals surface area contributed by atoms with E-state index in [2.05, 4.69) is 23.5 Å². The summed E-state index contributed by atoms with van der Waals surface area (Å²) in [5.41, 5.74) is 3.15. The third-order valence-corrected chi connectivity index (χ3v) is 5.61. The minimum Gasteiger partial charge on any atom is -0.496 e. The molecule has 4 heteroatoms. The second-order valence-electron chi connectivity index (χ2n) is 6.44. The number of thioether (sulfide) groups is 1. The largest absolute Gasteiger partial charge is 0.496 e. The van der Waals surface area contributed by atoms with E-state index in [0.29, 0.717) is 6.54 Å². The maximum atomic E-state index is 12.7. The SMILES string of the molecule is COc1ccccc1CCCNC(=O)c1ccccc1SCc1ccccc1. The molecule has 0 saturated carbocycles. The van der Waals surface area contributed by atoms with Gasteiger partial charge in [0.25, 0.3) is 5.91 Å². The Morgan fingerprint density at radius 1 is 0.929 bits per heavy atom. The number of hydrogen-bond acceptors (Lipinski definition) is 3. The van der Waals surface area contributed by atoms with E-state index in [-0.39, 0.29) is 5.91 Å². The minimum atomic E-state index is -0.0174. The molecule has 0 spiro atoms. The highest BCUT2D eigenvalue weighted by molar-refractivity contribution is 7.98. The fourth-order valence-electron chi connectivity index (χ4n) is 3.00. The molecule has 0 heterocycles. The zero-order chi connectivity index (χ0) is 19.6. The van der Waals surface area contributed by atoms with Gasteiger partial charge >= 0.3 is 0 Å². The zero-order valence-electron chi connectivity index (χ0n) is 16.1. The molecule has 144 valence electrons. The van der Waals surface area contributed by atoms with Crippen LogP contribution in [0.4, 0.5) is 0 Å². The molecule has 0 unspecified atom stereocenters. The van der Waals surface area contributed by atoms with E-state index in [9.17, 15) is 4.79 Å². The van der Waals surface area contributed by atoms with Crippen molar-refractivity contribution in [3.63, 3.8) is 0 Å². The van der Waals surface area contributed by atoms with Crippen LogP contribution in [0, 0.1) is 0 Å². The smallest absolute Gasteiger partial charge is 0.252 e. The summed E-state index contributed by atoms with van der Waals surface area (Å²) >= 11 is 1.69. The van der Waals surface area contributed by atoms with Gasteiger partial charge < -0.3 is 10.1 Å². The normalized spacial score (nSPS) is 10.5. The Bertz CT molecular complexity index is 896. The Morgan fingerprint density at radius 2 is 1.64 bits per heavy atom. The van der Waals surface area contributed by atoms with Gasteiger partial charge in [0.05, 0.1) is 12.7 Å². The van der Waals surface area contributed by atoms with Crippen LogP contribution in [0.25, 0.3) is 0 Å². The third kappa shape index (κ3) is 5.64. The first-order chi connectivity index (χ1) is 13.8.